The lowest BCUT2D eigenvalue weighted by Crippen LogP contribution is -2.15. The lowest BCUT2D eigenvalue weighted by Gasteiger charge is -2.22. The Balaban J connectivity index is 1.35. The lowest BCUT2D eigenvalue weighted by atomic mass is 9.81. The maximum absolute atomic E-state index is 5.37. The molecule has 0 radical (unpaired) electrons. The third-order valence-corrected chi connectivity index (χ3v) is 10.4. The van der Waals surface area contributed by atoms with E-state index in [1.54, 1.807) is 0 Å². The van der Waals surface area contributed by atoms with Crippen LogP contribution in [0.4, 0.5) is 0 Å². The van der Waals surface area contributed by atoms with Gasteiger partial charge in [0.25, 0.3) is 0 Å². The maximum atomic E-state index is 5.37. The van der Waals surface area contributed by atoms with Crippen molar-refractivity contribution in [2.45, 2.75) is 26.2 Å². The molecule has 0 amide bonds. The van der Waals surface area contributed by atoms with Crippen LogP contribution in [0.1, 0.15) is 41.8 Å². The Morgan fingerprint density at radius 2 is 1.37 bits per heavy atom. The van der Waals surface area contributed by atoms with E-state index < -0.39 is 0 Å². The molecule has 0 spiro atoms. The summed E-state index contributed by atoms with van der Waals surface area (Å²) < 4.78 is 2.32. The number of hydrogen-bond donors (Lipinski definition) is 0. The number of hydrogen-bond acceptors (Lipinski definition) is 2. The fourth-order valence-electron chi connectivity index (χ4n) is 8.00. The summed E-state index contributed by atoms with van der Waals surface area (Å²) in [6, 6.07) is 47.5. The Labute approximate surface area is 286 Å². The van der Waals surface area contributed by atoms with Gasteiger partial charge in [-0.1, -0.05) is 142 Å². The highest BCUT2D eigenvalue weighted by Gasteiger charge is 2.37. The highest BCUT2D eigenvalue weighted by atomic mass is 15.1. The smallest absolute Gasteiger partial charge is 0.165 e. The fraction of sp³-hybridized carbons (Fsp3) is 0.0870. The van der Waals surface area contributed by atoms with Crippen LogP contribution in [0.2, 0.25) is 0 Å². The zero-order valence-corrected chi connectivity index (χ0v) is 27.9. The minimum absolute atomic E-state index is 0.106. The molecular formula is C46H35N3. The van der Waals surface area contributed by atoms with Crippen LogP contribution in [0, 0.1) is 6.92 Å². The summed E-state index contributed by atoms with van der Waals surface area (Å²) in [5.74, 6) is 0.804. The van der Waals surface area contributed by atoms with Crippen LogP contribution in [-0.2, 0) is 5.41 Å². The van der Waals surface area contributed by atoms with Crippen molar-refractivity contribution in [1.29, 1.82) is 0 Å². The molecule has 8 aromatic rings. The zero-order valence-electron chi connectivity index (χ0n) is 27.9. The fourth-order valence-corrected chi connectivity index (χ4v) is 8.00. The number of fused-ring (bicyclic) bond motifs is 7. The molecule has 0 aliphatic heterocycles. The molecule has 6 aromatic carbocycles. The molecule has 3 heteroatoms. The molecule has 1 aliphatic rings. The summed E-state index contributed by atoms with van der Waals surface area (Å²) in [5, 5.41) is 3.74. The Bertz CT molecular complexity index is 2650. The summed E-state index contributed by atoms with van der Waals surface area (Å²) in [4.78, 5) is 10.6. The number of nitrogens with zero attached hydrogens (tertiary/aromatic N) is 3. The number of rotatable bonds is 5. The van der Waals surface area contributed by atoms with E-state index in [0.717, 1.165) is 50.5 Å². The van der Waals surface area contributed by atoms with Crippen LogP contribution in [-0.4, -0.2) is 14.5 Å². The number of allylic oxidation sites excluding steroid dienone is 2. The monoisotopic (exact) mass is 629 g/mol. The molecule has 0 saturated carbocycles. The molecule has 1 aliphatic carbocycles. The number of para-hydroxylation sites is 3. The van der Waals surface area contributed by atoms with E-state index in [2.05, 4.69) is 141 Å². The van der Waals surface area contributed by atoms with Crippen LogP contribution in [0.15, 0.2) is 152 Å². The molecule has 2 heterocycles. The Kier molecular flexibility index (Phi) is 6.53. The molecule has 0 bridgehead atoms. The summed E-state index contributed by atoms with van der Waals surface area (Å²) in [6.07, 6.45) is 4.06. The molecule has 0 unspecified atom stereocenters. The molecule has 0 fully saturated rings. The van der Waals surface area contributed by atoms with Crippen molar-refractivity contribution in [3.05, 3.63) is 180 Å². The molecule has 2 aromatic heterocycles. The average Bonchev–Trinajstić information content (AvgIpc) is 3.56. The van der Waals surface area contributed by atoms with Crippen molar-refractivity contribution >= 4 is 38.3 Å². The average molecular weight is 630 g/mol. The second-order valence-electron chi connectivity index (χ2n) is 13.5. The van der Waals surface area contributed by atoms with Crippen LogP contribution in [0.25, 0.3) is 66.5 Å². The molecule has 49 heavy (non-hydrogen) atoms. The molecule has 0 N–H and O–H groups in total. The quantitative estimate of drug-likeness (QED) is 0.177. The lowest BCUT2D eigenvalue weighted by molar-refractivity contribution is 0.661. The molecule has 234 valence electrons. The van der Waals surface area contributed by atoms with Crippen LogP contribution in [0.3, 0.4) is 0 Å². The van der Waals surface area contributed by atoms with E-state index in [4.69, 9.17) is 9.97 Å². The SMILES string of the molecule is C=C/C=C(/c1ccc2c(c1)-c1c(ccc3ccccc13)C2(C)C)c1c(C)c2ccccc2n1-c1nc2ccccc2nc1-c1ccccc1. The van der Waals surface area contributed by atoms with Crippen molar-refractivity contribution in [1.82, 2.24) is 14.5 Å². The zero-order chi connectivity index (χ0) is 33.3. The maximum Gasteiger partial charge on any atom is 0.165 e. The first-order chi connectivity index (χ1) is 24.0. The Morgan fingerprint density at radius 1 is 0.694 bits per heavy atom. The second kappa shape index (κ2) is 11.0. The van der Waals surface area contributed by atoms with Crippen molar-refractivity contribution < 1.29 is 0 Å². The largest absolute Gasteiger partial charge is 0.292 e. The number of aryl methyl sites for hydroxylation is 1. The van der Waals surface area contributed by atoms with Gasteiger partial charge in [0, 0.05) is 21.9 Å². The first-order valence-corrected chi connectivity index (χ1v) is 16.9. The minimum Gasteiger partial charge on any atom is -0.292 e. The Morgan fingerprint density at radius 3 is 2.16 bits per heavy atom. The van der Waals surface area contributed by atoms with Crippen molar-refractivity contribution in [2.24, 2.45) is 0 Å². The van der Waals surface area contributed by atoms with Crippen molar-refractivity contribution in [3.8, 4) is 28.2 Å². The van der Waals surface area contributed by atoms with Gasteiger partial charge in [0.1, 0.15) is 5.69 Å². The van der Waals surface area contributed by atoms with Gasteiger partial charge in [-0.25, -0.2) is 9.97 Å². The molecule has 3 nitrogen and oxygen atoms in total. The van der Waals surface area contributed by atoms with Gasteiger partial charge in [-0.05, 0) is 75.3 Å². The topological polar surface area (TPSA) is 30.7 Å². The summed E-state index contributed by atoms with van der Waals surface area (Å²) in [5.41, 5.74) is 14.4. The van der Waals surface area contributed by atoms with E-state index in [1.165, 1.54) is 44.0 Å². The number of benzene rings is 6. The summed E-state index contributed by atoms with van der Waals surface area (Å²) >= 11 is 0. The highest BCUT2D eigenvalue weighted by molar-refractivity contribution is 6.04. The molecule has 9 rings (SSSR count). The molecule has 0 atom stereocenters. The van der Waals surface area contributed by atoms with Gasteiger partial charge in [-0.15, -0.1) is 0 Å². The van der Waals surface area contributed by atoms with Gasteiger partial charge >= 0.3 is 0 Å². The van der Waals surface area contributed by atoms with Gasteiger partial charge in [0.05, 0.1) is 22.2 Å². The molecule has 0 saturated heterocycles. The van der Waals surface area contributed by atoms with Gasteiger partial charge in [0.2, 0.25) is 0 Å². The summed E-state index contributed by atoms with van der Waals surface area (Å²) in [6.45, 7) is 11.1. The predicted molar refractivity (Wildman–Crippen MR) is 205 cm³/mol. The first kappa shape index (κ1) is 29.1. The summed E-state index contributed by atoms with van der Waals surface area (Å²) in [7, 11) is 0. The van der Waals surface area contributed by atoms with Gasteiger partial charge < -0.3 is 0 Å². The van der Waals surface area contributed by atoms with E-state index in [1.807, 2.05) is 36.4 Å². The first-order valence-electron chi connectivity index (χ1n) is 16.9. The second-order valence-corrected chi connectivity index (χ2v) is 13.5. The standard InChI is InChI=1S/C46H35N3/c1-5-15-35(32-25-26-37-36(28-32)42-34-20-10-9-16-30(34)24-27-38(42)46(37,3)4)44-29(2)33-19-11-14-23-41(33)49(44)45-43(31-17-7-6-8-18-31)47-39-21-12-13-22-40(39)48-45/h5-28H,1H2,2-4H3/b35-15-. The van der Waals surface area contributed by atoms with Crippen molar-refractivity contribution in [2.75, 3.05) is 0 Å². The van der Waals surface area contributed by atoms with E-state index in [-0.39, 0.29) is 5.41 Å². The molecular weight excluding hydrogens is 595 g/mol. The highest BCUT2D eigenvalue weighted by Crippen LogP contribution is 2.52. The van der Waals surface area contributed by atoms with E-state index >= 15 is 0 Å². The predicted octanol–water partition coefficient (Wildman–Crippen LogP) is 11.6. The van der Waals surface area contributed by atoms with Gasteiger partial charge in [-0.3, -0.25) is 4.57 Å². The van der Waals surface area contributed by atoms with Crippen molar-refractivity contribution in [3.63, 3.8) is 0 Å². The van der Waals surface area contributed by atoms with Crippen LogP contribution < -0.4 is 0 Å². The Hall–Kier alpha value is -6.06. The number of aromatic nitrogens is 3. The van der Waals surface area contributed by atoms with Gasteiger partial charge in [0.15, 0.2) is 5.82 Å². The van der Waals surface area contributed by atoms with Gasteiger partial charge in [-0.2, -0.15) is 0 Å². The minimum atomic E-state index is -0.106. The third-order valence-electron chi connectivity index (χ3n) is 10.4. The van der Waals surface area contributed by atoms with Crippen LogP contribution >= 0.6 is 0 Å². The third kappa shape index (κ3) is 4.36. The van der Waals surface area contributed by atoms with E-state index in [0.29, 0.717) is 0 Å². The van der Waals surface area contributed by atoms with E-state index in [9.17, 15) is 0 Å². The normalized spacial score (nSPS) is 13.6. The van der Waals surface area contributed by atoms with Crippen LogP contribution in [0.5, 0.6) is 0 Å².